The number of morpholine rings is 1. The van der Waals surface area contributed by atoms with E-state index in [4.69, 9.17) is 10.5 Å². The van der Waals surface area contributed by atoms with Gasteiger partial charge in [0.1, 0.15) is 11.6 Å². The first-order chi connectivity index (χ1) is 7.69. The van der Waals surface area contributed by atoms with Crippen molar-refractivity contribution in [2.24, 2.45) is 5.73 Å². The number of aromatic nitrogens is 2. The van der Waals surface area contributed by atoms with E-state index in [1.54, 1.807) is 6.20 Å². The van der Waals surface area contributed by atoms with Gasteiger partial charge in [0, 0.05) is 19.3 Å². The van der Waals surface area contributed by atoms with Gasteiger partial charge in [-0.3, -0.25) is 0 Å². The number of anilines is 1. The maximum absolute atomic E-state index is 5.68. The van der Waals surface area contributed by atoms with Gasteiger partial charge >= 0.3 is 0 Å². The fraction of sp³-hybridized carbons (Fsp3) is 0.636. The Morgan fingerprint density at radius 2 is 2.12 bits per heavy atom. The zero-order valence-electron chi connectivity index (χ0n) is 9.76. The van der Waals surface area contributed by atoms with Gasteiger partial charge in [0.15, 0.2) is 0 Å². The third kappa shape index (κ3) is 2.48. The molecule has 2 heterocycles. The summed E-state index contributed by atoms with van der Waals surface area (Å²) in [6, 6.07) is 1.92. The molecule has 1 saturated heterocycles. The minimum atomic E-state index is 0.236. The second-order valence-corrected chi connectivity index (χ2v) is 4.20. The van der Waals surface area contributed by atoms with Gasteiger partial charge in [-0.2, -0.15) is 0 Å². The molecular formula is C11H18N4O. The standard InChI is InChI=1S/C11H18N4O/c1-8-6-15(7-9(2)16-8)11-3-4-13-10(5-12)14-11/h3-4,8-9H,5-7,12H2,1-2H3. The van der Waals surface area contributed by atoms with Crippen LogP contribution in [0.3, 0.4) is 0 Å². The van der Waals surface area contributed by atoms with Gasteiger partial charge in [-0.25, -0.2) is 9.97 Å². The summed E-state index contributed by atoms with van der Waals surface area (Å²) < 4.78 is 5.68. The Bertz CT molecular complexity index is 348. The van der Waals surface area contributed by atoms with Crippen molar-refractivity contribution in [2.75, 3.05) is 18.0 Å². The summed E-state index contributed by atoms with van der Waals surface area (Å²) in [6.45, 7) is 6.27. The predicted molar refractivity (Wildman–Crippen MR) is 62.1 cm³/mol. The molecule has 5 nitrogen and oxygen atoms in total. The van der Waals surface area contributed by atoms with Crippen molar-refractivity contribution in [2.45, 2.75) is 32.6 Å². The van der Waals surface area contributed by atoms with Crippen LogP contribution in [0.5, 0.6) is 0 Å². The highest BCUT2D eigenvalue weighted by Gasteiger charge is 2.23. The van der Waals surface area contributed by atoms with Crippen molar-refractivity contribution in [1.29, 1.82) is 0 Å². The summed E-state index contributed by atoms with van der Waals surface area (Å²) in [5.41, 5.74) is 5.53. The van der Waals surface area contributed by atoms with Crippen molar-refractivity contribution < 1.29 is 4.74 Å². The molecule has 0 aliphatic carbocycles. The monoisotopic (exact) mass is 222 g/mol. The van der Waals surface area contributed by atoms with E-state index in [-0.39, 0.29) is 12.2 Å². The largest absolute Gasteiger partial charge is 0.372 e. The van der Waals surface area contributed by atoms with Crippen LogP contribution in [0.4, 0.5) is 5.82 Å². The lowest BCUT2D eigenvalue weighted by Gasteiger charge is -2.36. The normalized spacial score (nSPS) is 25.8. The summed E-state index contributed by atoms with van der Waals surface area (Å²) >= 11 is 0. The van der Waals surface area contributed by atoms with Crippen molar-refractivity contribution in [3.8, 4) is 0 Å². The van der Waals surface area contributed by atoms with Gasteiger partial charge in [-0.15, -0.1) is 0 Å². The molecule has 2 unspecified atom stereocenters. The van der Waals surface area contributed by atoms with E-state index in [1.807, 2.05) is 6.07 Å². The molecule has 5 heteroatoms. The Kier molecular flexibility index (Phi) is 3.36. The van der Waals surface area contributed by atoms with Gasteiger partial charge < -0.3 is 15.4 Å². The minimum absolute atomic E-state index is 0.236. The van der Waals surface area contributed by atoms with Crippen molar-refractivity contribution in [1.82, 2.24) is 9.97 Å². The summed E-state index contributed by atoms with van der Waals surface area (Å²) in [5, 5.41) is 0. The van der Waals surface area contributed by atoms with Crippen LogP contribution in [0.15, 0.2) is 12.3 Å². The van der Waals surface area contributed by atoms with Gasteiger partial charge in [-0.1, -0.05) is 0 Å². The third-order valence-corrected chi connectivity index (χ3v) is 2.62. The molecule has 1 aliphatic rings. The molecule has 2 N–H and O–H groups in total. The smallest absolute Gasteiger partial charge is 0.144 e. The highest BCUT2D eigenvalue weighted by molar-refractivity contribution is 5.38. The summed E-state index contributed by atoms with van der Waals surface area (Å²) in [4.78, 5) is 10.7. The van der Waals surface area contributed by atoms with Crippen LogP contribution < -0.4 is 10.6 Å². The van der Waals surface area contributed by atoms with E-state index in [9.17, 15) is 0 Å². The molecule has 1 fully saturated rings. The van der Waals surface area contributed by atoms with Crippen LogP contribution in [0.25, 0.3) is 0 Å². The Balaban J connectivity index is 2.16. The zero-order valence-corrected chi connectivity index (χ0v) is 9.76. The molecule has 0 spiro atoms. The second-order valence-electron chi connectivity index (χ2n) is 4.20. The predicted octanol–water partition coefficient (Wildman–Crippen LogP) is 0.549. The van der Waals surface area contributed by atoms with E-state index in [0.29, 0.717) is 12.4 Å². The molecule has 0 aromatic carbocycles. The van der Waals surface area contributed by atoms with Gasteiger partial charge in [0.05, 0.1) is 18.8 Å². The minimum Gasteiger partial charge on any atom is -0.372 e. The number of nitrogens with zero attached hydrogens (tertiary/aromatic N) is 3. The van der Waals surface area contributed by atoms with Crippen LogP contribution in [-0.2, 0) is 11.3 Å². The number of hydrogen-bond donors (Lipinski definition) is 1. The van der Waals surface area contributed by atoms with Crippen LogP contribution in [0.2, 0.25) is 0 Å². The average Bonchev–Trinajstić information content (AvgIpc) is 2.28. The number of rotatable bonds is 2. The molecule has 2 atom stereocenters. The van der Waals surface area contributed by atoms with Crippen molar-refractivity contribution in [3.63, 3.8) is 0 Å². The molecule has 1 aromatic rings. The molecule has 0 bridgehead atoms. The maximum Gasteiger partial charge on any atom is 0.144 e. The zero-order chi connectivity index (χ0) is 11.5. The highest BCUT2D eigenvalue weighted by Crippen LogP contribution is 2.17. The van der Waals surface area contributed by atoms with Crippen molar-refractivity contribution >= 4 is 5.82 Å². The van der Waals surface area contributed by atoms with Crippen LogP contribution in [-0.4, -0.2) is 35.3 Å². The quantitative estimate of drug-likeness (QED) is 0.791. The lowest BCUT2D eigenvalue weighted by atomic mass is 10.2. The Morgan fingerprint density at radius 1 is 1.44 bits per heavy atom. The molecule has 0 radical (unpaired) electrons. The Labute approximate surface area is 95.6 Å². The highest BCUT2D eigenvalue weighted by atomic mass is 16.5. The van der Waals surface area contributed by atoms with Gasteiger partial charge in [-0.05, 0) is 19.9 Å². The van der Waals surface area contributed by atoms with Gasteiger partial charge in [0.25, 0.3) is 0 Å². The maximum atomic E-state index is 5.68. The fourth-order valence-electron chi connectivity index (χ4n) is 2.03. The van der Waals surface area contributed by atoms with Crippen LogP contribution in [0.1, 0.15) is 19.7 Å². The molecule has 0 saturated carbocycles. The third-order valence-electron chi connectivity index (χ3n) is 2.62. The van der Waals surface area contributed by atoms with E-state index < -0.39 is 0 Å². The Morgan fingerprint density at radius 3 is 2.75 bits per heavy atom. The topological polar surface area (TPSA) is 64.3 Å². The molecule has 88 valence electrons. The molecule has 2 rings (SSSR count). The first-order valence-corrected chi connectivity index (χ1v) is 5.61. The van der Waals surface area contributed by atoms with E-state index >= 15 is 0 Å². The molecule has 16 heavy (non-hydrogen) atoms. The molecular weight excluding hydrogens is 204 g/mol. The SMILES string of the molecule is CC1CN(c2ccnc(CN)n2)CC(C)O1. The number of hydrogen-bond acceptors (Lipinski definition) is 5. The van der Waals surface area contributed by atoms with E-state index in [0.717, 1.165) is 18.9 Å². The lowest BCUT2D eigenvalue weighted by molar-refractivity contribution is -0.00547. The Hall–Kier alpha value is -1.20. The first-order valence-electron chi connectivity index (χ1n) is 5.61. The summed E-state index contributed by atoms with van der Waals surface area (Å²) in [5.74, 6) is 1.63. The van der Waals surface area contributed by atoms with Crippen LogP contribution >= 0.6 is 0 Å². The lowest BCUT2D eigenvalue weighted by Crippen LogP contribution is -2.45. The molecule has 1 aliphatic heterocycles. The first kappa shape index (κ1) is 11.3. The summed E-state index contributed by atoms with van der Waals surface area (Å²) in [7, 11) is 0. The molecule has 0 amide bonds. The summed E-state index contributed by atoms with van der Waals surface area (Å²) in [6.07, 6.45) is 2.23. The van der Waals surface area contributed by atoms with E-state index in [2.05, 4.69) is 28.7 Å². The van der Waals surface area contributed by atoms with Crippen LogP contribution in [0, 0.1) is 0 Å². The number of nitrogens with two attached hydrogens (primary N) is 1. The average molecular weight is 222 g/mol. The van der Waals surface area contributed by atoms with Crippen molar-refractivity contribution in [3.05, 3.63) is 18.1 Å². The number of ether oxygens (including phenoxy) is 1. The van der Waals surface area contributed by atoms with E-state index in [1.165, 1.54) is 0 Å². The molecule has 1 aromatic heterocycles. The second kappa shape index (κ2) is 4.76. The van der Waals surface area contributed by atoms with Gasteiger partial charge in [0.2, 0.25) is 0 Å². The fourth-order valence-corrected chi connectivity index (χ4v) is 2.03.